The van der Waals surface area contributed by atoms with E-state index < -0.39 is 5.97 Å². The molecule has 7 heteroatoms. The third-order valence-corrected chi connectivity index (χ3v) is 3.38. The standard InChI is InChI=1S/C12H16N4O3/c1-7-9(11(18)19)6-14-12(15-7)16-4-2-8(3-5-16)10(13)17/h6,8H,2-5H2,1H3,(H2,13,17)(H,18,19). The molecule has 0 saturated carbocycles. The van der Waals surface area contributed by atoms with Crippen LogP contribution in [0.3, 0.4) is 0 Å². The largest absolute Gasteiger partial charge is 0.478 e. The van der Waals surface area contributed by atoms with Gasteiger partial charge in [0.1, 0.15) is 0 Å². The normalized spacial score (nSPS) is 16.4. The summed E-state index contributed by atoms with van der Waals surface area (Å²) in [7, 11) is 0. The van der Waals surface area contributed by atoms with Crippen LogP contribution in [0.5, 0.6) is 0 Å². The quantitative estimate of drug-likeness (QED) is 0.806. The number of hydrogen-bond acceptors (Lipinski definition) is 5. The number of aromatic carboxylic acids is 1. The number of hydrogen-bond donors (Lipinski definition) is 2. The van der Waals surface area contributed by atoms with Crippen molar-refractivity contribution >= 4 is 17.8 Å². The number of carbonyl (C=O) groups is 2. The number of carbonyl (C=O) groups excluding carboxylic acids is 1. The Kier molecular flexibility index (Phi) is 3.64. The van der Waals surface area contributed by atoms with Gasteiger partial charge in [0.2, 0.25) is 11.9 Å². The van der Waals surface area contributed by atoms with Crippen molar-refractivity contribution in [3.63, 3.8) is 0 Å². The third-order valence-electron chi connectivity index (χ3n) is 3.38. The first-order chi connectivity index (χ1) is 8.99. The Bertz CT molecular complexity index is 510. The molecule has 0 unspecified atom stereocenters. The second-order valence-electron chi connectivity index (χ2n) is 4.64. The van der Waals surface area contributed by atoms with Crippen LogP contribution in [0.15, 0.2) is 6.20 Å². The lowest BCUT2D eigenvalue weighted by Crippen LogP contribution is -2.39. The summed E-state index contributed by atoms with van der Waals surface area (Å²) < 4.78 is 0. The Morgan fingerprint density at radius 3 is 2.53 bits per heavy atom. The van der Waals surface area contributed by atoms with Gasteiger partial charge in [-0.05, 0) is 19.8 Å². The first kappa shape index (κ1) is 13.3. The van der Waals surface area contributed by atoms with E-state index in [1.807, 2.05) is 4.90 Å². The lowest BCUT2D eigenvalue weighted by atomic mass is 9.96. The van der Waals surface area contributed by atoms with Crippen molar-refractivity contribution < 1.29 is 14.7 Å². The van der Waals surface area contributed by atoms with Gasteiger partial charge in [-0.2, -0.15) is 0 Å². The van der Waals surface area contributed by atoms with E-state index >= 15 is 0 Å². The zero-order valence-corrected chi connectivity index (χ0v) is 10.7. The van der Waals surface area contributed by atoms with Gasteiger partial charge in [0, 0.05) is 25.2 Å². The first-order valence-electron chi connectivity index (χ1n) is 6.10. The van der Waals surface area contributed by atoms with Crippen molar-refractivity contribution in [1.29, 1.82) is 0 Å². The van der Waals surface area contributed by atoms with E-state index in [0.29, 0.717) is 37.6 Å². The van der Waals surface area contributed by atoms with Crippen molar-refractivity contribution in [3.05, 3.63) is 17.5 Å². The number of nitrogens with two attached hydrogens (primary N) is 1. The summed E-state index contributed by atoms with van der Waals surface area (Å²) in [6, 6.07) is 0. The molecule has 1 saturated heterocycles. The molecule has 1 fully saturated rings. The van der Waals surface area contributed by atoms with Crippen LogP contribution >= 0.6 is 0 Å². The fourth-order valence-corrected chi connectivity index (χ4v) is 2.18. The van der Waals surface area contributed by atoms with Crippen LogP contribution in [-0.4, -0.2) is 40.0 Å². The van der Waals surface area contributed by atoms with Crippen LogP contribution in [0.4, 0.5) is 5.95 Å². The van der Waals surface area contributed by atoms with Gasteiger partial charge in [-0.25, -0.2) is 14.8 Å². The lowest BCUT2D eigenvalue weighted by Gasteiger charge is -2.30. The number of rotatable bonds is 3. The lowest BCUT2D eigenvalue weighted by molar-refractivity contribution is -0.122. The molecule has 1 aromatic heterocycles. The van der Waals surface area contributed by atoms with Gasteiger partial charge in [0.25, 0.3) is 0 Å². The predicted molar refractivity (Wildman–Crippen MR) is 67.9 cm³/mol. The predicted octanol–water partition coefficient (Wildman–Crippen LogP) is 0.185. The average Bonchev–Trinajstić information content (AvgIpc) is 2.38. The monoisotopic (exact) mass is 264 g/mol. The Morgan fingerprint density at radius 2 is 2.05 bits per heavy atom. The van der Waals surface area contributed by atoms with Gasteiger partial charge in [-0.1, -0.05) is 0 Å². The first-order valence-corrected chi connectivity index (χ1v) is 6.10. The number of piperidine rings is 1. The number of aromatic nitrogens is 2. The van der Waals surface area contributed by atoms with Gasteiger partial charge < -0.3 is 15.7 Å². The number of carboxylic acids is 1. The number of aryl methyl sites for hydroxylation is 1. The summed E-state index contributed by atoms with van der Waals surface area (Å²) in [5, 5.41) is 8.92. The highest BCUT2D eigenvalue weighted by molar-refractivity contribution is 5.88. The molecule has 1 aromatic rings. The molecule has 0 aromatic carbocycles. The minimum absolute atomic E-state index is 0.0874. The maximum atomic E-state index is 11.1. The van der Waals surface area contributed by atoms with Gasteiger partial charge in [-0.3, -0.25) is 4.79 Å². The highest BCUT2D eigenvalue weighted by Gasteiger charge is 2.24. The van der Waals surface area contributed by atoms with Crippen LogP contribution in [0, 0.1) is 12.8 Å². The highest BCUT2D eigenvalue weighted by atomic mass is 16.4. The molecule has 0 aliphatic carbocycles. The second kappa shape index (κ2) is 5.21. The number of amides is 1. The summed E-state index contributed by atoms with van der Waals surface area (Å²) >= 11 is 0. The van der Waals surface area contributed by atoms with Crippen LogP contribution in [0.2, 0.25) is 0 Å². The van der Waals surface area contributed by atoms with Crippen LogP contribution in [0.25, 0.3) is 0 Å². The van der Waals surface area contributed by atoms with Crippen molar-refractivity contribution in [3.8, 4) is 0 Å². The summed E-state index contributed by atoms with van der Waals surface area (Å²) in [5.74, 6) is -0.879. The molecular formula is C12H16N4O3. The van der Waals surface area contributed by atoms with Gasteiger partial charge in [-0.15, -0.1) is 0 Å². The minimum Gasteiger partial charge on any atom is -0.478 e. The van der Waals surface area contributed by atoms with Crippen LogP contribution in [-0.2, 0) is 4.79 Å². The Labute approximate surface area is 110 Å². The zero-order chi connectivity index (χ0) is 14.0. The number of anilines is 1. The van der Waals surface area contributed by atoms with Crippen molar-refractivity contribution in [2.75, 3.05) is 18.0 Å². The van der Waals surface area contributed by atoms with Crippen molar-refractivity contribution in [2.45, 2.75) is 19.8 Å². The van der Waals surface area contributed by atoms with Gasteiger partial charge in [0.05, 0.1) is 11.3 Å². The third kappa shape index (κ3) is 2.81. The minimum atomic E-state index is -1.03. The fraction of sp³-hybridized carbons (Fsp3) is 0.500. The van der Waals surface area contributed by atoms with E-state index in [2.05, 4.69) is 9.97 Å². The molecule has 0 bridgehead atoms. The Balaban J connectivity index is 2.10. The van der Waals surface area contributed by atoms with E-state index in [1.54, 1.807) is 6.92 Å². The topological polar surface area (TPSA) is 109 Å². The molecular weight excluding hydrogens is 248 g/mol. The van der Waals surface area contributed by atoms with E-state index in [4.69, 9.17) is 10.8 Å². The fourth-order valence-electron chi connectivity index (χ4n) is 2.18. The molecule has 7 nitrogen and oxygen atoms in total. The second-order valence-corrected chi connectivity index (χ2v) is 4.64. The van der Waals surface area contributed by atoms with E-state index in [0.717, 1.165) is 0 Å². The molecule has 0 atom stereocenters. The van der Waals surface area contributed by atoms with Gasteiger partial charge >= 0.3 is 5.97 Å². The van der Waals surface area contributed by atoms with Crippen LogP contribution in [0.1, 0.15) is 28.9 Å². The maximum absolute atomic E-state index is 11.1. The highest BCUT2D eigenvalue weighted by Crippen LogP contribution is 2.20. The van der Waals surface area contributed by atoms with E-state index in [-0.39, 0.29) is 17.4 Å². The smallest absolute Gasteiger partial charge is 0.339 e. The average molecular weight is 264 g/mol. The number of primary amides is 1. The molecule has 3 N–H and O–H groups in total. The molecule has 1 amide bonds. The molecule has 1 aliphatic rings. The molecule has 0 spiro atoms. The summed E-state index contributed by atoms with van der Waals surface area (Å²) in [6.07, 6.45) is 2.68. The summed E-state index contributed by atoms with van der Waals surface area (Å²) in [4.78, 5) is 32.2. The maximum Gasteiger partial charge on any atom is 0.339 e. The van der Waals surface area contributed by atoms with Gasteiger partial charge in [0.15, 0.2) is 0 Å². The summed E-state index contributed by atoms with van der Waals surface area (Å²) in [5.41, 5.74) is 5.82. The summed E-state index contributed by atoms with van der Waals surface area (Å²) in [6.45, 7) is 2.95. The Hall–Kier alpha value is -2.18. The van der Waals surface area contributed by atoms with Crippen molar-refractivity contribution in [1.82, 2.24) is 9.97 Å². The van der Waals surface area contributed by atoms with E-state index in [9.17, 15) is 9.59 Å². The Morgan fingerprint density at radius 1 is 1.42 bits per heavy atom. The van der Waals surface area contributed by atoms with Crippen LogP contribution < -0.4 is 10.6 Å². The molecule has 2 heterocycles. The molecule has 0 radical (unpaired) electrons. The zero-order valence-electron chi connectivity index (χ0n) is 10.7. The SMILES string of the molecule is Cc1nc(N2CCC(C(N)=O)CC2)ncc1C(=O)O. The molecule has 102 valence electrons. The molecule has 2 rings (SSSR count). The van der Waals surface area contributed by atoms with Crippen molar-refractivity contribution in [2.24, 2.45) is 11.7 Å². The molecule has 19 heavy (non-hydrogen) atoms. The number of carboxylic acid groups (broad SMARTS) is 1. The molecule has 1 aliphatic heterocycles. The number of nitrogens with zero attached hydrogens (tertiary/aromatic N) is 3. The van der Waals surface area contributed by atoms with E-state index in [1.165, 1.54) is 6.20 Å².